The summed E-state index contributed by atoms with van der Waals surface area (Å²) in [5.74, 6) is 1.28. The highest BCUT2D eigenvalue weighted by molar-refractivity contribution is 5.75. The standard InChI is InChI=1S/C13H15N5O/c1-3-17-8-15-7-9(17)11-12(14)18-6-4-5-10(19-2)13(18)16-11/h4-8H,3,14H2,1-2H3. The average molecular weight is 257 g/mol. The number of anilines is 1. The van der Waals surface area contributed by atoms with Crippen LogP contribution in [-0.2, 0) is 6.54 Å². The van der Waals surface area contributed by atoms with E-state index in [9.17, 15) is 0 Å². The van der Waals surface area contributed by atoms with Crippen molar-refractivity contribution in [1.82, 2.24) is 18.9 Å². The number of nitrogens with two attached hydrogens (primary N) is 1. The maximum atomic E-state index is 6.18. The van der Waals surface area contributed by atoms with Crippen LogP contribution in [0.1, 0.15) is 6.92 Å². The Morgan fingerprint density at radius 1 is 1.42 bits per heavy atom. The predicted molar refractivity (Wildman–Crippen MR) is 73.1 cm³/mol. The first kappa shape index (κ1) is 11.6. The fourth-order valence-corrected chi connectivity index (χ4v) is 2.18. The van der Waals surface area contributed by atoms with E-state index in [1.165, 1.54) is 0 Å². The number of nitrogens with zero attached hydrogens (tertiary/aromatic N) is 4. The van der Waals surface area contributed by atoms with E-state index in [1.54, 1.807) is 19.6 Å². The minimum Gasteiger partial charge on any atom is -0.493 e. The van der Waals surface area contributed by atoms with Gasteiger partial charge < -0.3 is 15.0 Å². The van der Waals surface area contributed by atoms with Crippen molar-refractivity contribution in [3.63, 3.8) is 0 Å². The van der Waals surface area contributed by atoms with E-state index in [-0.39, 0.29) is 0 Å². The van der Waals surface area contributed by atoms with Crippen LogP contribution in [0.5, 0.6) is 5.75 Å². The molecule has 0 bridgehead atoms. The summed E-state index contributed by atoms with van der Waals surface area (Å²) in [4.78, 5) is 8.74. The van der Waals surface area contributed by atoms with E-state index in [2.05, 4.69) is 16.9 Å². The summed E-state index contributed by atoms with van der Waals surface area (Å²) >= 11 is 0. The molecule has 0 saturated heterocycles. The number of pyridine rings is 1. The molecule has 3 rings (SSSR count). The third kappa shape index (κ3) is 1.64. The van der Waals surface area contributed by atoms with Gasteiger partial charge in [-0.15, -0.1) is 0 Å². The molecular weight excluding hydrogens is 242 g/mol. The van der Waals surface area contributed by atoms with Crippen molar-refractivity contribution in [3.05, 3.63) is 30.9 Å². The van der Waals surface area contributed by atoms with Gasteiger partial charge in [0.2, 0.25) is 0 Å². The number of hydrogen-bond donors (Lipinski definition) is 1. The summed E-state index contributed by atoms with van der Waals surface area (Å²) < 4.78 is 9.13. The lowest BCUT2D eigenvalue weighted by Gasteiger charge is -2.02. The molecule has 19 heavy (non-hydrogen) atoms. The quantitative estimate of drug-likeness (QED) is 0.776. The molecule has 0 aliphatic heterocycles. The van der Waals surface area contributed by atoms with Crippen LogP contribution in [0.2, 0.25) is 0 Å². The summed E-state index contributed by atoms with van der Waals surface area (Å²) in [6.45, 7) is 2.87. The number of rotatable bonds is 3. The van der Waals surface area contributed by atoms with Crippen molar-refractivity contribution in [2.45, 2.75) is 13.5 Å². The fraction of sp³-hybridized carbons (Fsp3) is 0.231. The van der Waals surface area contributed by atoms with Crippen molar-refractivity contribution in [1.29, 1.82) is 0 Å². The van der Waals surface area contributed by atoms with E-state index < -0.39 is 0 Å². The Morgan fingerprint density at radius 3 is 3.00 bits per heavy atom. The molecule has 0 radical (unpaired) electrons. The zero-order valence-electron chi connectivity index (χ0n) is 10.9. The Morgan fingerprint density at radius 2 is 2.26 bits per heavy atom. The van der Waals surface area contributed by atoms with Crippen LogP contribution in [0.4, 0.5) is 5.82 Å². The summed E-state index contributed by atoms with van der Waals surface area (Å²) in [6, 6.07) is 3.74. The Labute approximate surface area is 110 Å². The number of methoxy groups -OCH3 is 1. The molecule has 0 aromatic carbocycles. The second-order valence-corrected chi connectivity index (χ2v) is 4.18. The van der Waals surface area contributed by atoms with Gasteiger partial charge in [-0.1, -0.05) is 0 Å². The van der Waals surface area contributed by atoms with Gasteiger partial charge in [0, 0.05) is 12.7 Å². The number of imidazole rings is 2. The molecule has 3 heterocycles. The van der Waals surface area contributed by atoms with Crippen LogP contribution in [0, 0.1) is 0 Å². The van der Waals surface area contributed by atoms with Gasteiger partial charge in [-0.3, -0.25) is 4.40 Å². The highest BCUT2D eigenvalue weighted by atomic mass is 16.5. The van der Waals surface area contributed by atoms with Gasteiger partial charge >= 0.3 is 0 Å². The summed E-state index contributed by atoms with van der Waals surface area (Å²) in [6.07, 6.45) is 5.42. The molecule has 3 aromatic rings. The molecular formula is C13H15N5O. The van der Waals surface area contributed by atoms with Crippen molar-refractivity contribution in [2.75, 3.05) is 12.8 Å². The molecule has 0 fully saturated rings. The smallest absolute Gasteiger partial charge is 0.181 e. The number of ether oxygens (including phenoxy) is 1. The first-order valence-corrected chi connectivity index (χ1v) is 6.07. The first-order valence-electron chi connectivity index (χ1n) is 6.07. The van der Waals surface area contributed by atoms with Crippen molar-refractivity contribution in [2.24, 2.45) is 0 Å². The monoisotopic (exact) mass is 257 g/mol. The Kier molecular flexibility index (Phi) is 2.63. The Hall–Kier alpha value is -2.50. The molecule has 0 amide bonds. The molecule has 0 atom stereocenters. The van der Waals surface area contributed by atoms with Gasteiger partial charge in [0.1, 0.15) is 11.5 Å². The van der Waals surface area contributed by atoms with Crippen molar-refractivity contribution in [3.8, 4) is 17.1 Å². The van der Waals surface area contributed by atoms with Gasteiger partial charge in [-0.2, -0.15) is 0 Å². The van der Waals surface area contributed by atoms with E-state index in [0.29, 0.717) is 17.2 Å². The third-order valence-corrected chi connectivity index (χ3v) is 3.17. The van der Waals surface area contributed by atoms with E-state index in [1.807, 2.05) is 27.3 Å². The highest BCUT2D eigenvalue weighted by Crippen LogP contribution is 2.29. The van der Waals surface area contributed by atoms with Crippen molar-refractivity contribution >= 4 is 11.5 Å². The van der Waals surface area contributed by atoms with Crippen LogP contribution in [-0.4, -0.2) is 26.0 Å². The number of fused-ring (bicyclic) bond motifs is 1. The van der Waals surface area contributed by atoms with Gasteiger partial charge in [0.05, 0.1) is 25.3 Å². The molecule has 3 aromatic heterocycles. The second kappa shape index (κ2) is 4.31. The zero-order chi connectivity index (χ0) is 13.4. The van der Waals surface area contributed by atoms with Crippen LogP contribution >= 0.6 is 0 Å². The molecule has 6 nitrogen and oxygen atoms in total. The lowest BCUT2D eigenvalue weighted by Crippen LogP contribution is -1.98. The van der Waals surface area contributed by atoms with Crippen LogP contribution < -0.4 is 10.5 Å². The average Bonchev–Trinajstić information content (AvgIpc) is 3.03. The SMILES string of the molecule is CCn1cncc1-c1nc2c(OC)cccn2c1N. The lowest BCUT2D eigenvalue weighted by molar-refractivity contribution is 0.417. The number of hydrogen-bond acceptors (Lipinski definition) is 4. The number of nitrogen functional groups attached to an aromatic ring is 1. The molecule has 0 spiro atoms. The molecule has 0 unspecified atom stereocenters. The Bertz CT molecular complexity index is 728. The molecule has 6 heteroatoms. The maximum absolute atomic E-state index is 6.18. The highest BCUT2D eigenvalue weighted by Gasteiger charge is 2.16. The van der Waals surface area contributed by atoms with E-state index >= 15 is 0 Å². The molecule has 0 saturated carbocycles. The summed E-state index contributed by atoms with van der Waals surface area (Å²) in [5.41, 5.74) is 8.52. The zero-order valence-corrected chi connectivity index (χ0v) is 10.9. The topological polar surface area (TPSA) is 70.4 Å². The molecule has 2 N–H and O–H groups in total. The number of aryl methyl sites for hydroxylation is 1. The minimum absolute atomic E-state index is 0.587. The summed E-state index contributed by atoms with van der Waals surface area (Å²) in [7, 11) is 1.62. The number of aromatic nitrogens is 4. The summed E-state index contributed by atoms with van der Waals surface area (Å²) in [5, 5.41) is 0. The Balaban J connectivity index is 2.28. The largest absolute Gasteiger partial charge is 0.493 e. The van der Waals surface area contributed by atoms with Gasteiger partial charge in [0.15, 0.2) is 11.4 Å². The van der Waals surface area contributed by atoms with Crippen LogP contribution in [0.25, 0.3) is 17.0 Å². The minimum atomic E-state index is 0.587. The molecule has 0 aliphatic carbocycles. The van der Waals surface area contributed by atoms with Gasteiger partial charge in [-0.25, -0.2) is 9.97 Å². The van der Waals surface area contributed by atoms with Crippen LogP contribution in [0.15, 0.2) is 30.9 Å². The predicted octanol–water partition coefficient (Wildman–Crippen LogP) is 1.81. The molecule has 98 valence electrons. The fourth-order valence-electron chi connectivity index (χ4n) is 2.18. The van der Waals surface area contributed by atoms with Crippen molar-refractivity contribution < 1.29 is 4.74 Å². The normalized spacial score (nSPS) is 11.1. The lowest BCUT2D eigenvalue weighted by atomic mass is 10.3. The molecule has 0 aliphatic rings. The van der Waals surface area contributed by atoms with Gasteiger partial charge in [0.25, 0.3) is 0 Å². The maximum Gasteiger partial charge on any atom is 0.181 e. The third-order valence-electron chi connectivity index (χ3n) is 3.17. The van der Waals surface area contributed by atoms with E-state index in [0.717, 1.165) is 17.9 Å². The van der Waals surface area contributed by atoms with E-state index in [4.69, 9.17) is 10.5 Å². The van der Waals surface area contributed by atoms with Crippen LogP contribution in [0.3, 0.4) is 0 Å². The second-order valence-electron chi connectivity index (χ2n) is 4.18. The van der Waals surface area contributed by atoms with Gasteiger partial charge in [-0.05, 0) is 19.1 Å². The first-order chi connectivity index (χ1) is 9.26.